The van der Waals surface area contributed by atoms with Gasteiger partial charge in [-0.25, -0.2) is 13.4 Å². The van der Waals surface area contributed by atoms with Crippen LogP contribution in [0.2, 0.25) is 0 Å². The monoisotopic (exact) mass is 405 g/mol. The van der Waals surface area contributed by atoms with Crippen molar-refractivity contribution in [3.05, 3.63) is 48.0 Å². The third-order valence-electron chi connectivity index (χ3n) is 4.79. The number of imidazole rings is 1. The number of rotatable bonds is 7. The molecule has 2 heterocycles. The van der Waals surface area contributed by atoms with Crippen LogP contribution in [0.1, 0.15) is 49.8 Å². The third-order valence-corrected chi connectivity index (χ3v) is 6.62. The van der Waals surface area contributed by atoms with Gasteiger partial charge in [0, 0.05) is 37.6 Å². The van der Waals surface area contributed by atoms with Crippen LogP contribution in [0.3, 0.4) is 0 Å². The van der Waals surface area contributed by atoms with Crippen molar-refractivity contribution in [3.63, 3.8) is 0 Å². The van der Waals surface area contributed by atoms with Crippen molar-refractivity contribution < 1.29 is 17.9 Å². The van der Waals surface area contributed by atoms with Gasteiger partial charge < -0.3 is 9.30 Å². The largest absolute Gasteiger partial charge is 0.373 e. The van der Waals surface area contributed by atoms with E-state index in [2.05, 4.69) is 11.9 Å². The fourth-order valence-corrected chi connectivity index (χ4v) is 5.07. The first kappa shape index (κ1) is 20.7. The van der Waals surface area contributed by atoms with Crippen LogP contribution in [-0.2, 0) is 21.3 Å². The number of nitrogens with zero attached hydrogens (tertiary/aromatic N) is 3. The van der Waals surface area contributed by atoms with Crippen molar-refractivity contribution in [3.8, 4) is 0 Å². The van der Waals surface area contributed by atoms with Gasteiger partial charge in [0.15, 0.2) is 5.82 Å². The van der Waals surface area contributed by atoms with Crippen molar-refractivity contribution in [2.45, 2.75) is 57.3 Å². The van der Waals surface area contributed by atoms with E-state index in [0.717, 1.165) is 12.8 Å². The molecule has 1 aromatic heterocycles. The molecule has 1 fully saturated rings. The van der Waals surface area contributed by atoms with Crippen LogP contribution in [0.4, 0.5) is 0 Å². The molecular weight excluding hydrogens is 378 g/mol. The molecule has 0 aliphatic carbocycles. The summed E-state index contributed by atoms with van der Waals surface area (Å²) in [6, 6.07) is 6.21. The predicted molar refractivity (Wildman–Crippen MR) is 106 cm³/mol. The summed E-state index contributed by atoms with van der Waals surface area (Å²) in [4.78, 5) is 17.2. The molecule has 3 rings (SSSR count). The third kappa shape index (κ3) is 4.34. The maximum absolute atomic E-state index is 13.1. The van der Waals surface area contributed by atoms with Crippen LogP contribution in [0, 0.1) is 0 Å². The number of hydrogen-bond acceptors (Lipinski definition) is 5. The highest BCUT2D eigenvalue weighted by molar-refractivity contribution is 7.89. The van der Waals surface area contributed by atoms with Gasteiger partial charge in [0.25, 0.3) is 0 Å². The molecule has 1 saturated heterocycles. The zero-order chi connectivity index (χ0) is 20.3. The van der Waals surface area contributed by atoms with Gasteiger partial charge in [0.1, 0.15) is 0 Å². The summed E-state index contributed by atoms with van der Waals surface area (Å²) in [6.07, 6.45) is 4.98. The van der Waals surface area contributed by atoms with Crippen molar-refractivity contribution in [2.75, 3.05) is 13.1 Å². The number of morpholine rings is 1. The van der Waals surface area contributed by atoms with Crippen LogP contribution in [0.25, 0.3) is 0 Å². The van der Waals surface area contributed by atoms with Crippen LogP contribution in [0.15, 0.2) is 41.6 Å². The Bertz CT molecular complexity index is 928. The lowest BCUT2D eigenvalue weighted by atomic mass is 10.1. The summed E-state index contributed by atoms with van der Waals surface area (Å²) in [6.45, 7) is 7.10. The predicted octanol–water partition coefficient (Wildman–Crippen LogP) is 2.71. The number of hydrogen-bond donors (Lipinski definition) is 0. The van der Waals surface area contributed by atoms with Gasteiger partial charge in [-0.15, -0.1) is 0 Å². The van der Waals surface area contributed by atoms with Crippen LogP contribution < -0.4 is 0 Å². The van der Waals surface area contributed by atoms with Gasteiger partial charge in [0.05, 0.1) is 17.1 Å². The molecule has 0 unspecified atom stereocenters. The van der Waals surface area contributed by atoms with Crippen molar-refractivity contribution in [1.29, 1.82) is 0 Å². The number of ether oxygens (including phenoxy) is 1. The van der Waals surface area contributed by atoms with E-state index in [-0.39, 0.29) is 22.9 Å². The molecule has 28 heavy (non-hydrogen) atoms. The lowest BCUT2D eigenvalue weighted by Gasteiger charge is -2.34. The van der Waals surface area contributed by atoms with E-state index < -0.39 is 10.0 Å². The number of benzene rings is 1. The lowest BCUT2D eigenvalue weighted by molar-refractivity contribution is -0.0440. The molecule has 152 valence electrons. The van der Waals surface area contributed by atoms with Gasteiger partial charge >= 0.3 is 0 Å². The average molecular weight is 406 g/mol. The number of unbranched alkanes of at least 4 members (excludes halogenated alkanes) is 1. The highest BCUT2D eigenvalue weighted by Crippen LogP contribution is 2.22. The van der Waals surface area contributed by atoms with E-state index in [9.17, 15) is 13.2 Å². The number of carbonyl (C=O) groups excluding carboxylic acids is 1. The van der Waals surface area contributed by atoms with Gasteiger partial charge in [-0.3, -0.25) is 4.79 Å². The zero-order valence-electron chi connectivity index (χ0n) is 16.5. The van der Waals surface area contributed by atoms with Crippen molar-refractivity contribution in [1.82, 2.24) is 13.9 Å². The molecule has 0 spiro atoms. The van der Waals surface area contributed by atoms with Crippen LogP contribution >= 0.6 is 0 Å². The first-order valence-electron chi connectivity index (χ1n) is 9.64. The second kappa shape index (κ2) is 8.55. The molecule has 2 atom stereocenters. The Labute approximate surface area is 166 Å². The van der Waals surface area contributed by atoms with E-state index in [1.807, 2.05) is 18.4 Å². The van der Waals surface area contributed by atoms with E-state index in [0.29, 0.717) is 31.0 Å². The quantitative estimate of drug-likeness (QED) is 0.662. The second-order valence-electron chi connectivity index (χ2n) is 7.23. The van der Waals surface area contributed by atoms with E-state index in [4.69, 9.17) is 4.74 Å². The first-order chi connectivity index (χ1) is 13.3. The Morgan fingerprint density at radius 3 is 2.64 bits per heavy atom. The van der Waals surface area contributed by atoms with Crippen molar-refractivity contribution in [2.24, 2.45) is 0 Å². The lowest BCUT2D eigenvalue weighted by Crippen LogP contribution is -2.48. The molecule has 1 aromatic carbocycles. The molecule has 0 bridgehead atoms. The molecule has 0 radical (unpaired) electrons. The molecule has 0 saturated carbocycles. The minimum atomic E-state index is -3.70. The first-order valence-corrected chi connectivity index (χ1v) is 11.1. The van der Waals surface area contributed by atoms with Crippen molar-refractivity contribution >= 4 is 15.8 Å². The maximum atomic E-state index is 13.1. The molecule has 1 aliphatic rings. The standard InChI is InChI=1S/C20H27N3O4S/c1-4-5-10-22-11-9-21-20(22)19(24)17-7-6-8-18(12-17)28(25,26)23-13-15(2)27-16(3)14-23/h6-9,11-12,15-16H,4-5,10,13-14H2,1-3H3/t15-,16+. The number of sulfonamides is 1. The summed E-state index contributed by atoms with van der Waals surface area (Å²) in [5.74, 6) is 0.0541. The molecule has 0 N–H and O–H groups in total. The fraction of sp³-hybridized carbons (Fsp3) is 0.500. The normalized spacial score (nSPS) is 21.0. The minimum Gasteiger partial charge on any atom is -0.373 e. The van der Waals surface area contributed by atoms with E-state index in [1.165, 1.54) is 16.4 Å². The summed E-state index contributed by atoms with van der Waals surface area (Å²) >= 11 is 0. The molecule has 2 aromatic rings. The minimum absolute atomic E-state index is 0.117. The number of aryl methyl sites for hydroxylation is 1. The Hall–Kier alpha value is -2.03. The Balaban J connectivity index is 1.88. The molecule has 8 heteroatoms. The topological polar surface area (TPSA) is 81.5 Å². The molecule has 7 nitrogen and oxygen atoms in total. The highest BCUT2D eigenvalue weighted by Gasteiger charge is 2.32. The Kier molecular flexibility index (Phi) is 6.32. The molecule has 1 aliphatic heterocycles. The second-order valence-corrected chi connectivity index (χ2v) is 9.17. The summed E-state index contributed by atoms with van der Waals surface area (Å²) in [5, 5.41) is 0. The van der Waals surface area contributed by atoms with Gasteiger partial charge in [-0.2, -0.15) is 4.31 Å². The average Bonchev–Trinajstić information content (AvgIpc) is 3.13. The number of ketones is 1. The van der Waals surface area contributed by atoms with Gasteiger partial charge in [0.2, 0.25) is 15.8 Å². The smallest absolute Gasteiger partial charge is 0.243 e. The zero-order valence-corrected chi connectivity index (χ0v) is 17.4. The molecular formula is C20H27N3O4S. The fourth-order valence-electron chi connectivity index (χ4n) is 3.43. The Morgan fingerprint density at radius 2 is 1.96 bits per heavy atom. The summed E-state index contributed by atoms with van der Waals surface area (Å²) in [7, 11) is -3.70. The van der Waals surface area contributed by atoms with E-state index >= 15 is 0 Å². The number of aromatic nitrogens is 2. The van der Waals surface area contributed by atoms with Crippen LogP contribution in [-0.4, -0.2) is 53.4 Å². The van der Waals surface area contributed by atoms with E-state index in [1.54, 1.807) is 24.5 Å². The highest BCUT2D eigenvalue weighted by atomic mass is 32.2. The number of carbonyl (C=O) groups is 1. The Morgan fingerprint density at radius 1 is 1.25 bits per heavy atom. The maximum Gasteiger partial charge on any atom is 0.243 e. The molecule has 0 amide bonds. The SMILES string of the molecule is CCCCn1ccnc1C(=O)c1cccc(S(=O)(=O)N2C[C@@H](C)O[C@@H](C)C2)c1. The van der Waals surface area contributed by atoms with Crippen LogP contribution in [0.5, 0.6) is 0 Å². The van der Waals surface area contributed by atoms with Gasteiger partial charge in [-0.05, 0) is 32.4 Å². The van der Waals surface area contributed by atoms with Gasteiger partial charge in [-0.1, -0.05) is 25.5 Å². The summed E-state index contributed by atoms with van der Waals surface area (Å²) in [5.41, 5.74) is 0.319. The summed E-state index contributed by atoms with van der Waals surface area (Å²) < 4.78 is 35.1.